The van der Waals surface area contributed by atoms with E-state index in [-0.39, 0.29) is 95.9 Å². The molecule has 16 nitrogen and oxygen atoms in total. The second kappa shape index (κ2) is 27.5. The fourth-order valence-electron chi connectivity index (χ4n) is 7.53. The zero-order chi connectivity index (χ0) is 46.2. The molecule has 2 aromatic heterocycles. The van der Waals surface area contributed by atoms with Gasteiger partial charge < -0.3 is 29.6 Å². The first-order valence-corrected chi connectivity index (χ1v) is 21.7. The van der Waals surface area contributed by atoms with Crippen molar-refractivity contribution >= 4 is 23.8 Å². The number of unbranched alkanes of at least 4 members (excludes halogenated alkanes) is 2. The van der Waals surface area contributed by atoms with E-state index in [0.717, 1.165) is 70.2 Å². The molecule has 0 radical (unpaired) electrons. The van der Waals surface area contributed by atoms with Crippen molar-refractivity contribution in [2.24, 2.45) is 11.8 Å². The van der Waals surface area contributed by atoms with Crippen LogP contribution in [-0.2, 0) is 32.3 Å². The van der Waals surface area contributed by atoms with Crippen molar-refractivity contribution < 1.29 is 88.5 Å². The van der Waals surface area contributed by atoms with Crippen LogP contribution in [0, 0.1) is 11.8 Å². The normalized spacial score (nSPS) is 11.6. The van der Waals surface area contributed by atoms with Crippen molar-refractivity contribution in [3.63, 3.8) is 0 Å². The van der Waals surface area contributed by atoms with Gasteiger partial charge in [-0.25, -0.2) is 0 Å². The number of amides is 2. The topological polar surface area (TPSA) is 230 Å². The molecule has 0 aliphatic heterocycles. The fourth-order valence-corrected chi connectivity index (χ4v) is 7.53. The molecule has 0 aliphatic rings. The summed E-state index contributed by atoms with van der Waals surface area (Å²) in [7, 11) is 0. The molecule has 0 unspecified atom stereocenters. The average molecular weight is 915 g/mol. The van der Waals surface area contributed by atoms with Crippen molar-refractivity contribution in [2.45, 2.75) is 105 Å². The number of H-pyrrole nitrogens is 2. The van der Waals surface area contributed by atoms with Gasteiger partial charge in [0.1, 0.15) is 0 Å². The number of aliphatic carboxylic acids is 2. The third-order valence-corrected chi connectivity index (χ3v) is 10.8. The zero-order valence-corrected chi connectivity index (χ0v) is 43.2. The molecule has 66 heavy (non-hydrogen) atoms. The first-order chi connectivity index (χ1) is 30.8. The number of carboxylic acids is 2. The number of hydrogen-bond donors (Lipinski definition) is 2. The molecular weight excluding hydrogens is 859 g/mol. The van der Waals surface area contributed by atoms with Gasteiger partial charge in [0.05, 0.1) is 24.0 Å². The monoisotopic (exact) mass is 914 g/mol. The zero-order valence-electron chi connectivity index (χ0n) is 39.2. The number of aromatic amines is 2. The van der Waals surface area contributed by atoms with E-state index in [9.17, 15) is 29.4 Å². The molecular formula is C48H56N10Na2O6. The number of carbonyl (C=O) groups is 4. The molecule has 18 heteroatoms. The van der Waals surface area contributed by atoms with Crippen LogP contribution < -0.4 is 69.3 Å². The first-order valence-electron chi connectivity index (χ1n) is 21.7. The molecule has 2 N–H and O–H groups in total. The van der Waals surface area contributed by atoms with E-state index in [1.165, 1.54) is 9.80 Å². The fraction of sp³-hybridized carbons (Fsp3) is 0.375. The quantitative estimate of drug-likeness (QED) is 0.0939. The van der Waals surface area contributed by atoms with Crippen LogP contribution in [0.4, 0.5) is 0 Å². The predicted molar refractivity (Wildman–Crippen MR) is 238 cm³/mol. The van der Waals surface area contributed by atoms with E-state index in [4.69, 9.17) is 0 Å². The van der Waals surface area contributed by atoms with Crippen molar-refractivity contribution in [1.82, 2.24) is 51.0 Å². The third-order valence-electron chi connectivity index (χ3n) is 10.8. The molecule has 0 saturated heterocycles. The van der Waals surface area contributed by atoms with Gasteiger partial charge in [-0.3, -0.25) is 9.59 Å². The Morgan fingerprint density at radius 2 is 0.864 bits per heavy atom. The van der Waals surface area contributed by atoms with Crippen LogP contribution in [-0.4, -0.2) is 86.9 Å². The van der Waals surface area contributed by atoms with Gasteiger partial charge >= 0.3 is 59.1 Å². The number of carbonyl (C=O) groups excluding carboxylic acids is 4. The summed E-state index contributed by atoms with van der Waals surface area (Å²) < 4.78 is 0. The number of carboxylic acid groups (broad SMARTS) is 2. The van der Waals surface area contributed by atoms with Crippen LogP contribution in [0.2, 0.25) is 0 Å². The molecule has 336 valence electrons. The van der Waals surface area contributed by atoms with Gasteiger partial charge in [-0.2, -0.15) is 10.4 Å². The van der Waals surface area contributed by atoms with Crippen LogP contribution >= 0.6 is 0 Å². The number of rotatable bonds is 20. The maximum absolute atomic E-state index is 12.8. The standard InChI is InChI=1S/2C24H29N5O3.2Na/c2*1-4-5-10-21(30)29(22(16(2)3)24(31)32)15-17-11-13-18(14-12-17)19-8-6-7-9-20(19)23-25-27-28-26-23;;/h2*6-9,11-14,16,22H,4-5,10,15H2,1-3H3,(H,31,32)(H,25,26,27,28);;/q;;2*+1/p-2/t2*22-;;/m00../s1. The van der Waals surface area contributed by atoms with Gasteiger partial charge in [-0.15, -0.1) is 20.4 Å². The minimum atomic E-state index is -1.23. The van der Waals surface area contributed by atoms with Gasteiger partial charge in [-0.05, 0) is 68.5 Å². The molecule has 0 spiro atoms. The van der Waals surface area contributed by atoms with Gasteiger partial charge in [0.25, 0.3) is 0 Å². The summed E-state index contributed by atoms with van der Waals surface area (Å²) in [6.07, 6.45) is 3.82. The Morgan fingerprint density at radius 1 is 0.530 bits per heavy atom. The van der Waals surface area contributed by atoms with E-state index in [0.29, 0.717) is 24.5 Å². The molecule has 4 aromatic carbocycles. The van der Waals surface area contributed by atoms with Crippen LogP contribution in [0.3, 0.4) is 0 Å². The molecule has 6 rings (SSSR count). The van der Waals surface area contributed by atoms with Crippen LogP contribution in [0.1, 0.15) is 91.2 Å². The average Bonchev–Trinajstić information content (AvgIpc) is 4.04. The Hall–Kier alpha value is -5.10. The summed E-state index contributed by atoms with van der Waals surface area (Å²) in [5.74, 6) is -2.29. The van der Waals surface area contributed by atoms with E-state index in [2.05, 4.69) is 41.2 Å². The summed E-state index contributed by atoms with van der Waals surface area (Å²) in [5, 5.41) is 52.1. The molecule has 0 saturated carbocycles. The number of hydrogen-bond acceptors (Lipinski definition) is 12. The summed E-state index contributed by atoms with van der Waals surface area (Å²) >= 11 is 0. The molecule has 0 fully saturated rings. The Kier molecular flexibility index (Phi) is 23.0. The number of benzene rings is 4. The molecule has 0 bridgehead atoms. The van der Waals surface area contributed by atoms with Crippen LogP contribution in [0.5, 0.6) is 0 Å². The number of tetrazole rings is 2. The van der Waals surface area contributed by atoms with Gasteiger partial charge in [0.15, 0.2) is 0 Å². The Labute approximate surface area is 430 Å². The van der Waals surface area contributed by atoms with E-state index >= 15 is 0 Å². The van der Waals surface area contributed by atoms with E-state index in [1.54, 1.807) is 27.7 Å². The minimum Gasteiger partial charge on any atom is -0.548 e. The Bertz CT molecular complexity index is 2250. The van der Waals surface area contributed by atoms with Crippen molar-refractivity contribution in [3.05, 3.63) is 108 Å². The maximum atomic E-state index is 12.8. The summed E-state index contributed by atoms with van der Waals surface area (Å²) in [6, 6.07) is 29.0. The number of aromatic nitrogens is 8. The van der Waals surface area contributed by atoms with Crippen LogP contribution in [0.15, 0.2) is 97.1 Å². The first kappa shape index (κ1) is 55.2. The predicted octanol–water partition coefficient (Wildman–Crippen LogP) is -0.338. The molecule has 6 aromatic rings. The second-order valence-electron chi connectivity index (χ2n) is 16.2. The number of nitrogens with one attached hydrogen (secondary N) is 2. The summed E-state index contributed by atoms with van der Waals surface area (Å²) in [4.78, 5) is 52.2. The number of nitrogens with zero attached hydrogens (tertiary/aromatic N) is 8. The van der Waals surface area contributed by atoms with Gasteiger partial charge in [0.2, 0.25) is 23.5 Å². The van der Waals surface area contributed by atoms with Crippen LogP contribution in [0.25, 0.3) is 45.0 Å². The van der Waals surface area contributed by atoms with E-state index in [1.807, 2.05) is 111 Å². The van der Waals surface area contributed by atoms with Crippen molar-refractivity contribution in [2.75, 3.05) is 0 Å². The van der Waals surface area contributed by atoms with Gasteiger partial charge in [0, 0.05) is 37.1 Å². The molecule has 2 amide bonds. The summed E-state index contributed by atoms with van der Waals surface area (Å²) in [5.41, 5.74) is 7.21. The van der Waals surface area contributed by atoms with Gasteiger partial charge in [-0.1, -0.05) is 151 Å². The third kappa shape index (κ3) is 15.0. The summed E-state index contributed by atoms with van der Waals surface area (Å²) in [6.45, 7) is 11.6. The molecule has 0 aliphatic carbocycles. The second-order valence-corrected chi connectivity index (χ2v) is 16.2. The minimum absolute atomic E-state index is 0. The molecule has 2 heterocycles. The smallest absolute Gasteiger partial charge is 0.548 e. The van der Waals surface area contributed by atoms with Crippen molar-refractivity contribution in [1.29, 1.82) is 0 Å². The Morgan fingerprint density at radius 3 is 1.14 bits per heavy atom. The van der Waals surface area contributed by atoms with Crippen molar-refractivity contribution in [3.8, 4) is 45.0 Å². The van der Waals surface area contributed by atoms with E-state index < -0.39 is 24.0 Å². The largest absolute Gasteiger partial charge is 1.00 e. The SMILES string of the molecule is CCCCC(=O)N(Cc1ccc(-c2ccccc2-c2nn[nH]n2)cc1)[C@H](C(=O)[O-])C(C)C.CCCCC(=O)N(Cc1ccc(-c2ccccc2-c2nn[nH]n2)cc1)[C@H](C(=O)[O-])C(C)C.[Na+].[Na+]. The maximum Gasteiger partial charge on any atom is 1.00 e. The molecule has 2 atom stereocenters. The Balaban J connectivity index is 0.000000340.